The highest BCUT2D eigenvalue weighted by atomic mass is 19.1. The smallest absolute Gasteiger partial charge is 0.123 e. The molecular weight excluding hydrogens is 229 g/mol. The molecular formula is C14H18FN3. The average molecular weight is 247 g/mol. The molecule has 0 aliphatic heterocycles. The van der Waals surface area contributed by atoms with Gasteiger partial charge in [-0.15, -0.1) is 0 Å². The lowest BCUT2D eigenvalue weighted by Crippen LogP contribution is -2.18. The zero-order valence-electron chi connectivity index (χ0n) is 10.9. The van der Waals surface area contributed by atoms with Crippen LogP contribution in [0.15, 0.2) is 30.6 Å². The summed E-state index contributed by atoms with van der Waals surface area (Å²) in [5, 5.41) is 7.46. The molecule has 3 nitrogen and oxygen atoms in total. The van der Waals surface area contributed by atoms with Crippen LogP contribution in [0, 0.1) is 12.7 Å². The second kappa shape index (κ2) is 5.31. The van der Waals surface area contributed by atoms with Crippen LogP contribution in [0.25, 0.3) is 0 Å². The van der Waals surface area contributed by atoms with Crippen molar-refractivity contribution in [2.75, 3.05) is 7.05 Å². The van der Waals surface area contributed by atoms with Gasteiger partial charge in [0.1, 0.15) is 5.82 Å². The molecule has 18 heavy (non-hydrogen) atoms. The number of hydrogen-bond donors (Lipinski definition) is 1. The van der Waals surface area contributed by atoms with Crippen molar-refractivity contribution in [2.24, 2.45) is 7.05 Å². The van der Waals surface area contributed by atoms with E-state index in [4.69, 9.17) is 0 Å². The Hall–Kier alpha value is -1.68. The maximum atomic E-state index is 13.1. The monoisotopic (exact) mass is 247 g/mol. The van der Waals surface area contributed by atoms with Crippen LogP contribution in [0.2, 0.25) is 0 Å². The number of rotatable bonds is 4. The fraction of sp³-hybridized carbons (Fsp3) is 0.357. The van der Waals surface area contributed by atoms with Gasteiger partial charge in [0, 0.05) is 24.8 Å². The van der Waals surface area contributed by atoms with Crippen LogP contribution in [0.4, 0.5) is 4.39 Å². The van der Waals surface area contributed by atoms with Crippen molar-refractivity contribution in [3.8, 4) is 0 Å². The van der Waals surface area contributed by atoms with Gasteiger partial charge in [0.15, 0.2) is 0 Å². The second-order valence-electron chi connectivity index (χ2n) is 4.56. The highest BCUT2D eigenvalue weighted by Gasteiger charge is 2.13. The molecule has 0 aliphatic rings. The number of nitrogens with zero attached hydrogens (tertiary/aromatic N) is 2. The molecule has 1 unspecified atom stereocenters. The van der Waals surface area contributed by atoms with E-state index in [0.29, 0.717) is 0 Å². The van der Waals surface area contributed by atoms with Crippen molar-refractivity contribution in [1.82, 2.24) is 15.1 Å². The Kier molecular flexibility index (Phi) is 3.77. The molecule has 2 aromatic rings. The summed E-state index contributed by atoms with van der Waals surface area (Å²) in [6.07, 6.45) is 4.69. The lowest BCUT2D eigenvalue weighted by atomic mass is 9.98. The van der Waals surface area contributed by atoms with Gasteiger partial charge in [-0.3, -0.25) is 4.68 Å². The van der Waals surface area contributed by atoms with Crippen molar-refractivity contribution in [1.29, 1.82) is 0 Å². The van der Waals surface area contributed by atoms with Crippen molar-refractivity contribution in [3.63, 3.8) is 0 Å². The summed E-state index contributed by atoms with van der Waals surface area (Å²) >= 11 is 0. The first kappa shape index (κ1) is 12.8. The summed E-state index contributed by atoms with van der Waals surface area (Å²) in [5.41, 5.74) is 3.28. The molecule has 0 amide bonds. The number of halogens is 1. The summed E-state index contributed by atoms with van der Waals surface area (Å²) in [6, 6.07) is 5.14. The zero-order valence-corrected chi connectivity index (χ0v) is 10.9. The van der Waals surface area contributed by atoms with E-state index in [1.807, 2.05) is 39.5 Å². The molecule has 1 aromatic heterocycles. The molecule has 0 aliphatic carbocycles. The minimum Gasteiger partial charge on any atom is -0.313 e. The normalized spacial score (nSPS) is 12.7. The fourth-order valence-electron chi connectivity index (χ4n) is 2.11. The van der Waals surface area contributed by atoms with Crippen molar-refractivity contribution >= 4 is 0 Å². The summed E-state index contributed by atoms with van der Waals surface area (Å²) < 4.78 is 14.9. The molecule has 0 bridgehead atoms. The minimum absolute atomic E-state index is 0.182. The van der Waals surface area contributed by atoms with Crippen molar-refractivity contribution in [3.05, 3.63) is 53.1 Å². The molecule has 0 radical (unpaired) electrons. The van der Waals surface area contributed by atoms with Crippen molar-refractivity contribution < 1.29 is 4.39 Å². The van der Waals surface area contributed by atoms with E-state index in [-0.39, 0.29) is 11.9 Å². The predicted molar refractivity (Wildman–Crippen MR) is 69.8 cm³/mol. The van der Waals surface area contributed by atoms with E-state index in [2.05, 4.69) is 10.4 Å². The first-order valence-corrected chi connectivity index (χ1v) is 6.01. The van der Waals surface area contributed by atoms with E-state index in [1.54, 1.807) is 10.7 Å². The lowest BCUT2D eigenvalue weighted by Gasteiger charge is -2.16. The molecule has 96 valence electrons. The average Bonchev–Trinajstić information content (AvgIpc) is 2.75. The molecule has 0 spiro atoms. The quantitative estimate of drug-likeness (QED) is 0.899. The van der Waals surface area contributed by atoms with Crippen LogP contribution in [0.5, 0.6) is 0 Å². The van der Waals surface area contributed by atoms with Gasteiger partial charge in [-0.25, -0.2) is 4.39 Å². The van der Waals surface area contributed by atoms with Gasteiger partial charge in [0.25, 0.3) is 0 Å². The van der Waals surface area contributed by atoms with Crippen LogP contribution in [0.3, 0.4) is 0 Å². The number of aryl methyl sites for hydroxylation is 2. The van der Waals surface area contributed by atoms with E-state index in [0.717, 1.165) is 23.1 Å². The van der Waals surface area contributed by atoms with Crippen molar-refractivity contribution in [2.45, 2.75) is 19.4 Å². The Morgan fingerprint density at radius 3 is 2.78 bits per heavy atom. The molecule has 1 heterocycles. The summed E-state index contributed by atoms with van der Waals surface area (Å²) in [7, 11) is 3.83. The number of nitrogens with one attached hydrogen (secondary N) is 1. The highest BCUT2D eigenvalue weighted by molar-refractivity contribution is 5.29. The molecule has 0 saturated carbocycles. The van der Waals surface area contributed by atoms with Gasteiger partial charge < -0.3 is 5.32 Å². The van der Waals surface area contributed by atoms with E-state index < -0.39 is 0 Å². The standard InChI is InChI=1S/C14H18FN3/c1-10-6-13(15)5-4-11(10)7-14(16-2)12-8-17-18(3)9-12/h4-6,8-9,14,16H,7H2,1-3H3. The van der Waals surface area contributed by atoms with Gasteiger partial charge in [0.2, 0.25) is 0 Å². The Morgan fingerprint density at radius 2 is 2.22 bits per heavy atom. The summed E-state index contributed by atoms with van der Waals surface area (Å²) in [5.74, 6) is -0.182. The van der Waals surface area contributed by atoms with Gasteiger partial charge in [-0.1, -0.05) is 6.07 Å². The summed E-state index contributed by atoms with van der Waals surface area (Å²) in [6.45, 7) is 1.94. The van der Waals surface area contributed by atoms with Gasteiger partial charge in [-0.2, -0.15) is 5.10 Å². The number of aromatic nitrogens is 2. The van der Waals surface area contributed by atoms with Gasteiger partial charge in [-0.05, 0) is 43.7 Å². The first-order valence-electron chi connectivity index (χ1n) is 6.01. The SMILES string of the molecule is CNC(Cc1ccc(F)cc1C)c1cnn(C)c1. The molecule has 0 saturated heterocycles. The third-order valence-corrected chi connectivity index (χ3v) is 3.20. The van der Waals surface area contributed by atoms with Crippen LogP contribution >= 0.6 is 0 Å². The van der Waals surface area contributed by atoms with Crippen LogP contribution < -0.4 is 5.32 Å². The van der Waals surface area contributed by atoms with Crippen LogP contribution in [-0.4, -0.2) is 16.8 Å². The number of benzene rings is 1. The third kappa shape index (κ3) is 2.76. The highest BCUT2D eigenvalue weighted by Crippen LogP contribution is 2.20. The molecule has 1 N–H and O–H groups in total. The Bertz CT molecular complexity index is 534. The second-order valence-corrected chi connectivity index (χ2v) is 4.56. The van der Waals surface area contributed by atoms with Gasteiger partial charge >= 0.3 is 0 Å². The van der Waals surface area contributed by atoms with E-state index >= 15 is 0 Å². The minimum atomic E-state index is -0.182. The topological polar surface area (TPSA) is 29.9 Å². The first-order chi connectivity index (χ1) is 8.60. The Balaban J connectivity index is 2.20. The van der Waals surface area contributed by atoms with Crippen LogP contribution in [-0.2, 0) is 13.5 Å². The lowest BCUT2D eigenvalue weighted by molar-refractivity contribution is 0.586. The molecule has 4 heteroatoms. The number of likely N-dealkylation sites (N-methyl/N-ethyl adjacent to an activating group) is 1. The largest absolute Gasteiger partial charge is 0.313 e. The molecule has 2 rings (SSSR count). The molecule has 1 aromatic carbocycles. The maximum absolute atomic E-state index is 13.1. The van der Waals surface area contributed by atoms with E-state index in [9.17, 15) is 4.39 Å². The fourth-order valence-corrected chi connectivity index (χ4v) is 2.11. The third-order valence-electron chi connectivity index (χ3n) is 3.20. The summed E-state index contributed by atoms with van der Waals surface area (Å²) in [4.78, 5) is 0. The Morgan fingerprint density at radius 1 is 1.44 bits per heavy atom. The van der Waals surface area contributed by atoms with Gasteiger partial charge in [0.05, 0.1) is 6.20 Å². The van der Waals surface area contributed by atoms with Crippen LogP contribution in [0.1, 0.15) is 22.7 Å². The maximum Gasteiger partial charge on any atom is 0.123 e. The molecule has 1 atom stereocenters. The zero-order chi connectivity index (χ0) is 13.1. The predicted octanol–water partition coefficient (Wildman–Crippen LogP) is 2.37. The van der Waals surface area contributed by atoms with E-state index in [1.165, 1.54) is 6.07 Å². The number of hydrogen-bond acceptors (Lipinski definition) is 2. The Labute approximate surface area is 107 Å². The molecule has 0 fully saturated rings.